The Labute approximate surface area is 193 Å². The van der Waals surface area contributed by atoms with Crippen molar-refractivity contribution in [3.63, 3.8) is 0 Å². The number of carboxylic acid groups (broad SMARTS) is 1. The first-order chi connectivity index (χ1) is 15.0. The fourth-order valence-corrected chi connectivity index (χ4v) is 4.36. The van der Waals surface area contributed by atoms with E-state index in [9.17, 15) is 4.79 Å². The van der Waals surface area contributed by atoms with Gasteiger partial charge < -0.3 is 14.4 Å². The highest BCUT2D eigenvalue weighted by Gasteiger charge is 2.14. The van der Waals surface area contributed by atoms with E-state index in [2.05, 4.69) is 0 Å². The molecule has 0 aliphatic heterocycles. The molecule has 0 saturated carbocycles. The standard InChI is InChI=1S/C23H18Cl2N2O3S/c24-19-4-2-1-3-17(19)13-30-14-18-12-27(22(26-18)20-9-10-21(25)31-20)11-15-5-7-16(8-6-15)23(28)29/h1-10,12H,11,13-14H2,(H,28,29). The molecule has 0 bridgehead atoms. The zero-order valence-electron chi connectivity index (χ0n) is 16.3. The van der Waals surface area contributed by atoms with Gasteiger partial charge in [-0.1, -0.05) is 53.5 Å². The van der Waals surface area contributed by atoms with Gasteiger partial charge in [0.1, 0.15) is 0 Å². The molecule has 2 heterocycles. The van der Waals surface area contributed by atoms with Gasteiger partial charge in [-0.3, -0.25) is 0 Å². The molecule has 0 unspecified atom stereocenters. The van der Waals surface area contributed by atoms with Crippen molar-refractivity contribution in [1.82, 2.24) is 9.55 Å². The van der Waals surface area contributed by atoms with Crippen LogP contribution >= 0.6 is 34.5 Å². The van der Waals surface area contributed by atoms with E-state index in [0.717, 1.165) is 27.5 Å². The maximum absolute atomic E-state index is 11.1. The van der Waals surface area contributed by atoms with Crippen molar-refractivity contribution in [2.45, 2.75) is 19.8 Å². The fourth-order valence-electron chi connectivity index (χ4n) is 3.12. The predicted molar refractivity (Wildman–Crippen MR) is 123 cm³/mol. The quantitative estimate of drug-likeness (QED) is 0.323. The smallest absolute Gasteiger partial charge is 0.335 e. The average Bonchev–Trinajstić information content (AvgIpc) is 3.36. The van der Waals surface area contributed by atoms with Crippen molar-refractivity contribution >= 4 is 40.5 Å². The van der Waals surface area contributed by atoms with E-state index in [1.54, 1.807) is 12.1 Å². The minimum absolute atomic E-state index is 0.258. The first kappa shape index (κ1) is 21.6. The molecular weight excluding hydrogens is 455 g/mol. The molecule has 4 rings (SSSR count). The summed E-state index contributed by atoms with van der Waals surface area (Å²) in [6, 6.07) is 18.2. The molecule has 2 aromatic carbocycles. The number of aromatic nitrogens is 2. The zero-order chi connectivity index (χ0) is 21.8. The molecule has 0 radical (unpaired) electrons. The van der Waals surface area contributed by atoms with E-state index in [-0.39, 0.29) is 5.56 Å². The lowest BCUT2D eigenvalue weighted by Crippen LogP contribution is -2.02. The summed E-state index contributed by atoms with van der Waals surface area (Å²) in [5, 5.41) is 9.77. The molecule has 8 heteroatoms. The Bertz CT molecular complexity index is 1200. The molecule has 31 heavy (non-hydrogen) atoms. The monoisotopic (exact) mass is 472 g/mol. The Morgan fingerprint density at radius 1 is 1.03 bits per heavy atom. The molecule has 0 fully saturated rings. The molecule has 0 spiro atoms. The van der Waals surface area contributed by atoms with Crippen LogP contribution in [0.5, 0.6) is 0 Å². The topological polar surface area (TPSA) is 64.3 Å². The van der Waals surface area contributed by atoms with Crippen molar-refractivity contribution in [3.05, 3.63) is 98.6 Å². The van der Waals surface area contributed by atoms with Crippen LogP contribution < -0.4 is 0 Å². The summed E-state index contributed by atoms with van der Waals surface area (Å²) >= 11 is 13.8. The number of hydrogen-bond donors (Lipinski definition) is 1. The van der Waals surface area contributed by atoms with E-state index < -0.39 is 5.97 Å². The molecule has 4 aromatic rings. The minimum Gasteiger partial charge on any atom is -0.478 e. The molecule has 0 amide bonds. The molecular formula is C23H18Cl2N2O3S. The van der Waals surface area contributed by atoms with Crippen molar-refractivity contribution in [2.24, 2.45) is 0 Å². The normalized spacial score (nSPS) is 11.0. The number of rotatable bonds is 8. The van der Waals surface area contributed by atoms with Crippen LogP contribution in [0.2, 0.25) is 9.36 Å². The Kier molecular flexibility index (Phi) is 6.73. The molecule has 5 nitrogen and oxygen atoms in total. The highest BCUT2D eigenvalue weighted by Crippen LogP contribution is 2.31. The van der Waals surface area contributed by atoms with Crippen molar-refractivity contribution in [2.75, 3.05) is 0 Å². The van der Waals surface area contributed by atoms with Gasteiger partial charge in [0.25, 0.3) is 0 Å². The Hall–Kier alpha value is -2.64. The maximum atomic E-state index is 11.1. The Balaban J connectivity index is 1.54. The summed E-state index contributed by atoms with van der Waals surface area (Å²) in [4.78, 5) is 16.8. The average molecular weight is 473 g/mol. The highest BCUT2D eigenvalue weighted by molar-refractivity contribution is 7.19. The minimum atomic E-state index is -0.943. The van der Waals surface area contributed by atoms with E-state index in [0.29, 0.717) is 29.1 Å². The summed E-state index contributed by atoms with van der Waals surface area (Å²) in [5.74, 6) is -0.156. The largest absolute Gasteiger partial charge is 0.478 e. The van der Waals surface area contributed by atoms with E-state index in [1.807, 2.05) is 59.3 Å². The third-order valence-electron chi connectivity index (χ3n) is 4.64. The first-order valence-corrected chi connectivity index (χ1v) is 11.0. The van der Waals surface area contributed by atoms with Crippen molar-refractivity contribution in [1.29, 1.82) is 0 Å². The number of thiophene rings is 1. The number of benzene rings is 2. The van der Waals surface area contributed by atoms with Crippen molar-refractivity contribution in [3.8, 4) is 10.7 Å². The third kappa shape index (κ3) is 5.35. The lowest BCUT2D eigenvalue weighted by molar-refractivity contribution is 0.0697. The number of halogens is 2. The lowest BCUT2D eigenvalue weighted by atomic mass is 10.1. The van der Waals surface area contributed by atoms with Crippen molar-refractivity contribution < 1.29 is 14.6 Å². The predicted octanol–water partition coefficient (Wildman–Crippen LogP) is 6.38. The van der Waals surface area contributed by atoms with E-state index in [4.69, 9.17) is 38.0 Å². The molecule has 1 N–H and O–H groups in total. The van der Waals surface area contributed by atoms with Crippen LogP contribution in [0.25, 0.3) is 10.7 Å². The zero-order valence-corrected chi connectivity index (χ0v) is 18.6. The van der Waals surface area contributed by atoms with Crippen LogP contribution in [0.1, 0.15) is 27.2 Å². The van der Waals surface area contributed by atoms with Crippen LogP contribution in [0.4, 0.5) is 0 Å². The third-order valence-corrected chi connectivity index (χ3v) is 6.23. The van der Waals surface area contributed by atoms with Gasteiger partial charge in [-0.15, -0.1) is 11.3 Å². The molecule has 0 aliphatic rings. The van der Waals surface area contributed by atoms with Gasteiger partial charge in [0.15, 0.2) is 5.82 Å². The van der Waals surface area contributed by atoms with Gasteiger partial charge in [-0.05, 0) is 41.5 Å². The molecule has 0 saturated heterocycles. The second-order valence-corrected chi connectivity index (χ2v) is 9.00. The van der Waals surface area contributed by atoms with Gasteiger partial charge >= 0.3 is 5.97 Å². The first-order valence-electron chi connectivity index (χ1n) is 9.45. The van der Waals surface area contributed by atoms with Gasteiger partial charge in [0.05, 0.1) is 33.7 Å². The summed E-state index contributed by atoms with van der Waals surface area (Å²) < 4.78 is 8.55. The second-order valence-electron chi connectivity index (χ2n) is 6.87. The molecule has 0 atom stereocenters. The number of nitrogens with zero attached hydrogens (tertiary/aromatic N) is 2. The Morgan fingerprint density at radius 3 is 2.48 bits per heavy atom. The van der Waals surface area contributed by atoms with Crippen LogP contribution in [0, 0.1) is 0 Å². The fraction of sp³-hybridized carbons (Fsp3) is 0.130. The Morgan fingerprint density at radius 2 is 1.81 bits per heavy atom. The van der Waals surface area contributed by atoms with Gasteiger partial charge in [-0.25, -0.2) is 9.78 Å². The number of carboxylic acids is 1. The number of ether oxygens (including phenoxy) is 1. The number of aromatic carboxylic acids is 1. The summed E-state index contributed by atoms with van der Waals surface area (Å²) in [7, 11) is 0. The summed E-state index contributed by atoms with van der Waals surface area (Å²) in [5.41, 5.74) is 2.93. The van der Waals surface area contributed by atoms with Crippen LogP contribution in [0.3, 0.4) is 0 Å². The number of hydrogen-bond acceptors (Lipinski definition) is 4. The van der Waals surface area contributed by atoms with Crippen LogP contribution in [0.15, 0.2) is 66.9 Å². The summed E-state index contributed by atoms with van der Waals surface area (Å²) in [6.07, 6.45) is 1.95. The van der Waals surface area contributed by atoms with Gasteiger partial charge in [0, 0.05) is 17.8 Å². The van der Waals surface area contributed by atoms with Gasteiger partial charge in [0.2, 0.25) is 0 Å². The van der Waals surface area contributed by atoms with Crippen LogP contribution in [-0.2, 0) is 24.5 Å². The summed E-state index contributed by atoms with van der Waals surface area (Å²) in [6.45, 7) is 1.27. The van der Waals surface area contributed by atoms with E-state index in [1.165, 1.54) is 11.3 Å². The molecule has 2 aromatic heterocycles. The second kappa shape index (κ2) is 9.66. The number of carbonyl (C=O) groups is 1. The molecule has 158 valence electrons. The number of imidazole rings is 1. The van der Waals surface area contributed by atoms with Crippen LogP contribution in [-0.4, -0.2) is 20.6 Å². The van der Waals surface area contributed by atoms with E-state index >= 15 is 0 Å². The highest BCUT2D eigenvalue weighted by atomic mass is 35.5. The molecule has 0 aliphatic carbocycles. The SMILES string of the molecule is O=C(O)c1ccc(Cn2cc(COCc3ccccc3Cl)nc2-c2ccc(Cl)s2)cc1. The maximum Gasteiger partial charge on any atom is 0.335 e. The lowest BCUT2D eigenvalue weighted by Gasteiger charge is -2.07. The van der Waals surface area contributed by atoms with Gasteiger partial charge in [-0.2, -0.15) is 0 Å².